The molecule has 0 bridgehead atoms. The van der Waals surface area contributed by atoms with Crippen molar-refractivity contribution in [3.63, 3.8) is 0 Å². The van der Waals surface area contributed by atoms with Crippen LogP contribution in [0.15, 0.2) is 0 Å². The van der Waals surface area contributed by atoms with Gasteiger partial charge in [-0.15, -0.1) is 0 Å². The summed E-state index contributed by atoms with van der Waals surface area (Å²) in [6.45, 7) is 4.35. The summed E-state index contributed by atoms with van der Waals surface area (Å²) < 4.78 is 34.4. The fourth-order valence-electron chi connectivity index (χ4n) is 12.2. The number of carbonyl (C=O) groups is 2. The molecule has 0 N–H and O–H groups in total. The van der Waals surface area contributed by atoms with Crippen LogP contribution in [0.25, 0.3) is 0 Å². The van der Waals surface area contributed by atoms with Gasteiger partial charge >= 0.3 is 11.9 Å². The van der Waals surface area contributed by atoms with E-state index in [0.717, 1.165) is 32.1 Å². The molecule has 10 heteroatoms. The minimum Gasteiger partial charge on any atom is -0.756 e. The zero-order chi connectivity index (χ0) is 62.6. The van der Waals surface area contributed by atoms with Crippen LogP contribution in [0.5, 0.6) is 0 Å². The molecule has 0 saturated carbocycles. The van der Waals surface area contributed by atoms with Crippen LogP contribution >= 0.6 is 7.82 Å². The number of carbonyl (C=O) groups excluding carboxylic acids is 2. The first-order valence-electron chi connectivity index (χ1n) is 38.7. The maximum Gasteiger partial charge on any atom is 0.306 e. The Morgan fingerprint density at radius 1 is 0.314 bits per heavy atom. The fraction of sp³-hybridized carbons (Fsp3) is 0.974. The Morgan fingerprint density at radius 2 is 0.523 bits per heavy atom. The number of hydrogen-bond acceptors (Lipinski definition) is 8. The number of likely N-dealkylation sites (N-methyl/N-ethyl adjacent to an activating group) is 1. The monoisotopic (exact) mass is 1240 g/mol. The molecule has 0 spiro atoms. The van der Waals surface area contributed by atoms with Crippen LogP contribution in [0, 0.1) is 0 Å². The Bertz CT molecular complexity index is 1410. The predicted octanol–water partition coefficient (Wildman–Crippen LogP) is 24.7. The van der Waals surface area contributed by atoms with Gasteiger partial charge in [-0.25, -0.2) is 0 Å². The molecule has 0 aliphatic carbocycles. The standard InChI is InChI=1S/C76H152NO8P/c1-6-8-10-12-14-16-18-20-22-24-26-28-30-32-34-36-38-40-42-44-46-48-50-52-54-56-58-60-62-64-66-68-75(78)82-72-74(73-84-86(80,81)83-71-70-77(3,4)5)85-76(79)69-67-65-63-61-59-57-55-53-51-49-47-45-43-41-39-37-35-33-31-29-27-25-23-21-19-17-15-13-11-9-7-2/h74H,6-73H2,1-5H3/t74-/m1/s1. The van der Waals surface area contributed by atoms with Gasteiger partial charge in [0.1, 0.15) is 19.8 Å². The molecule has 0 aliphatic rings. The summed E-state index contributed by atoms with van der Waals surface area (Å²) in [4.78, 5) is 38.1. The number of ether oxygens (including phenoxy) is 2. The second-order valence-electron chi connectivity index (χ2n) is 28.1. The van der Waals surface area contributed by atoms with Crippen molar-refractivity contribution in [3.05, 3.63) is 0 Å². The van der Waals surface area contributed by atoms with Crippen molar-refractivity contribution in [1.82, 2.24) is 0 Å². The minimum atomic E-state index is -4.64. The third-order valence-electron chi connectivity index (χ3n) is 18.1. The molecule has 0 aromatic heterocycles. The molecule has 0 aromatic rings. The van der Waals surface area contributed by atoms with Gasteiger partial charge in [0.15, 0.2) is 6.10 Å². The van der Waals surface area contributed by atoms with Crippen molar-refractivity contribution in [3.8, 4) is 0 Å². The molecule has 9 nitrogen and oxygen atoms in total. The third-order valence-corrected chi connectivity index (χ3v) is 19.1. The van der Waals surface area contributed by atoms with Crippen molar-refractivity contribution >= 4 is 19.8 Å². The Labute approximate surface area is 537 Å². The lowest BCUT2D eigenvalue weighted by molar-refractivity contribution is -0.870. The summed E-state index contributed by atoms with van der Waals surface area (Å²) >= 11 is 0. The van der Waals surface area contributed by atoms with Crippen LogP contribution in [-0.4, -0.2) is 70.0 Å². The van der Waals surface area contributed by atoms with E-state index in [1.807, 2.05) is 21.1 Å². The quantitative estimate of drug-likeness (QED) is 0.0256. The average molecular weight is 1240 g/mol. The van der Waals surface area contributed by atoms with Gasteiger partial charge in [0.05, 0.1) is 27.7 Å². The highest BCUT2D eigenvalue weighted by atomic mass is 31.2. The molecule has 2 atom stereocenters. The number of hydrogen-bond donors (Lipinski definition) is 0. The zero-order valence-corrected chi connectivity index (χ0v) is 59.7. The first-order valence-corrected chi connectivity index (χ1v) is 40.2. The van der Waals surface area contributed by atoms with E-state index in [2.05, 4.69) is 13.8 Å². The summed E-state index contributed by atoms with van der Waals surface area (Å²) in [5, 5.41) is 0. The molecular formula is C76H152NO8P. The SMILES string of the molecule is CCCCCCCCCCCCCCCCCCCCCCCCCCCCCCCCCC(=O)OC[C@H](COP(=O)([O-])OCC[N+](C)(C)C)OC(=O)CCCCCCCCCCCCCCCCCCCCCCCCCCCCCCCCC. The fourth-order valence-corrected chi connectivity index (χ4v) is 12.9. The van der Waals surface area contributed by atoms with E-state index in [4.69, 9.17) is 18.5 Å². The van der Waals surface area contributed by atoms with Crippen molar-refractivity contribution < 1.29 is 42.1 Å². The maximum atomic E-state index is 12.9. The van der Waals surface area contributed by atoms with E-state index in [-0.39, 0.29) is 32.0 Å². The minimum absolute atomic E-state index is 0.0247. The van der Waals surface area contributed by atoms with Gasteiger partial charge in [0.25, 0.3) is 7.82 Å². The second-order valence-corrected chi connectivity index (χ2v) is 29.5. The average Bonchev–Trinajstić information content (AvgIpc) is 3.64. The second kappa shape index (κ2) is 68.4. The largest absolute Gasteiger partial charge is 0.756 e. The number of unbranched alkanes of at least 4 members (excludes halogenated alkanes) is 60. The molecule has 0 fully saturated rings. The van der Waals surface area contributed by atoms with Crippen LogP contribution < -0.4 is 4.89 Å². The van der Waals surface area contributed by atoms with Crippen LogP contribution in [0.1, 0.15) is 425 Å². The van der Waals surface area contributed by atoms with Gasteiger partial charge < -0.3 is 27.9 Å². The van der Waals surface area contributed by atoms with E-state index in [1.165, 1.54) is 360 Å². The van der Waals surface area contributed by atoms with E-state index >= 15 is 0 Å². The van der Waals surface area contributed by atoms with Gasteiger partial charge in [-0.05, 0) is 12.8 Å². The zero-order valence-electron chi connectivity index (χ0n) is 58.8. The van der Waals surface area contributed by atoms with E-state index in [1.54, 1.807) is 0 Å². The van der Waals surface area contributed by atoms with E-state index < -0.39 is 26.5 Å². The van der Waals surface area contributed by atoms with Gasteiger partial charge in [-0.1, -0.05) is 399 Å². The van der Waals surface area contributed by atoms with Crippen molar-refractivity contribution in [2.75, 3.05) is 47.5 Å². The first-order chi connectivity index (χ1) is 42.0. The van der Waals surface area contributed by atoms with E-state index in [9.17, 15) is 19.0 Å². The molecule has 0 aliphatic heterocycles. The van der Waals surface area contributed by atoms with Gasteiger partial charge in [-0.3, -0.25) is 14.2 Å². The van der Waals surface area contributed by atoms with Gasteiger partial charge in [-0.2, -0.15) is 0 Å². The Kier molecular flexibility index (Phi) is 67.6. The molecule has 0 rings (SSSR count). The molecule has 0 heterocycles. The number of phosphoric acid groups is 1. The molecule has 514 valence electrons. The number of rotatable bonds is 74. The van der Waals surface area contributed by atoms with Crippen molar-refractivity contribution in [2.24, 2.45) is 0 Å². The highest BCUT2D eigenvalue weighted by Crippen LogP contribution is 2.38. The summed E-state index contributed by atoms with van der Waals surface area (Å²) in [5.74, 6) is -0.801. The number of esters is 2. The lowest BCUT2D eigenvalue weighted by Gasteiger charge is -2.28. The molecule has 0 radical (unpaired) electrons. The highest BCUT2D eigenvalue weighted by molar-refractivity contribution is 7.45. The van der Waals surface area contributed by atoms with Crippen LogP contribution in [0.2, 0.25) is 0 Å². The van der Waals surface area contributed by atoms with E-state index in [0.29, 0.717) is 17.4 Å². The Balaban J connectivity index is 3.91. The van der Waals surface area contributed by atoms with Crippen molar-refractivity contribution in [1.29, 1.82) is 0 Å². The molecule has 0 amide bonds. The first kappa shape index (κ1) is 85.0. The Morgan fingerprint density at radius 3 is 0.744 bits per heavy atom. The normalized spacial score (nSPS) is 13.0. The predicted molar refractivity (Wildman–Crippen MR) is 370 cm³/mol. The van der Waals surface area contributed by atoms with Crippen LogP contribution in [0.4, 0.5) is 0 Å². The summed E-state index contributed by atoms with van der Waals surface area (Å²) in [6.07, 6.45) is 83.7. The van der Waals surface area contributed by atoms with Gasteiger partial charge in [0, 0.05) is 12.8 Å². The summed E-state index contributed by atoms with van der Waals surface area (Å²) in [7, 11) is 1.20. The lowest BCUT2D eigenvalue weighted by Crippen LogP contribution is -2.37. The van der Waals surface area contributed by atoms with Crippen LogP contribution in [0.3, 0.4) is 0 Å². The molecule has 86 heavy (non-hydrogen) atoms. The summed E-state index contributed by atoms with van der Waals surface area (Å²) in [5.41, 5.74) is 0. The number of phosphoric ester groups is 1. The molecule has 0 saturated heterocycles. The smallest absolute Gasteiger partial charge is 0.306 e. The topological polar surface area (TPSA) is 111 Å². The van der Waals surface area contributed by atoms with Crippen LogP contribution in [-0.2, 0) is 32.7 Å². The third kappa shape index (κ3) is 72.1. The lowest BCUT2D eigenvalue weighted by atomic mass is 10.0. The Hall–Kier alpha value is -0.990. The highest BCUT2D eigenvalue weighted by Gasteiger charge is 2.22. The maximum absolute atomic E-state index is 12.9. The molecule has 1 unspecified atom stereocenters. The summed E-state index contributed by atoms with van der Waals surface area (Å²) in [6, 6.07) is 0. The number of quaternary nitrogens is 1. The van der Waals surface area contributed by atoms with Gasteiger partial charge in [0.2, 0.25) is 0 Å². The number of nitrogens with zero attached hydrogens (tertiary/aromatic N) is 1. The molecule has 0 aromatic carbocycles. The molecular weight excluding hydrogens is 1090 g/mol. The van der Waals surface area contributed by atoms with Crippen molar-refractivity contribution in [2.45, 2.75) is 431 Å².